The fourth-order valence-electron chi connectivity index (χ4n) is 3.20. The topological polar surface area (TPSA) is 15.3 Å². The summed E-state index contributed by atoms with van der Waals surface area (Å²) >= 11 is 12.3. The third-order valence-corrected chi connectivity index (χ3v) is 5.66. The van der Waals surface area contributed by atoms with Crippen LogP contribution in [0, 0.1) is 5.92 Å². The molecule has 2 nitrogen and oxygen atoms in total. The Morgan fingerprint density at radius 2 is 1.90 bits per heavy atom. The number of piperazine rings is 1. The molecule has 1 aromatic rings. The largest absolute Gasteiger partial charge is 0.365 e. The van der Waals surface area contributed by atoms with Gasteiger partial charge in [0.15, 0.2) is 0 Å². The Hall–Kier alpha value is -0.440. The lowest BCUT2D eigenvalue weighted by atomic mass is 9.86. The third-order valence-electron chi connectivity index (χ3n) is 4.92. The van der Waals surface area contributed by atoms with E-state index in [2.05, 4.69) is 44.0 Å². The molecule has 21 heavy (non-hydrogen) atoms. The zero-order valence-corrected chi connectivity index (χ0v) is 14.9. The Kier molecular flexibility index (Phi) is 5.45. The summed E-state index contributed by atoms with van der Waals surface area (Å²) in [5, 5.41) is 5.04. The van der Waals surface area contributed by atoms with Crippen LogP contribution in [-0.4, -0.2) is 24.7 Å². The van der Waals surface area contributed by atoms with Gasteiger partial charge in [-0.2, -0.15) is 0 Å². The highest BCUT2D eigenvalue weighted by Crippen LogP contribution is 2.33. The number of hydrogen-bond acceptors (Lipinski definition) is 2. The molecule has 118 valence electrons. The van der Waals surface area contributed by atoms with Gasteiger partial charge in [-0.3, -0.25) is 0 Å². The second kappa shape index (κ2) is 6.76. The molecule has 1 aliphatic rings. The van der Waals surface area contributed by atoms with Crippen LogP contribution in [0.4, 0.5) is 5.69 Å². The van der Waals surface area contributed by atoms with Crippen molar-refractivity contribution in [3.05, 3.63) is 28.2 Å². The lowest BCUT2D eigenvalue weighted by Crippen LogP contribution is -2.65. The van der Waals surface area contributed by atoms with Crippen molar-refractivity contribution >= 4 is 28.9 Å². The van der Waals surface area contributed by atoms with Crippen molar-refractivity contribution in [2.45, 2.75) is 52.1 Å². The summed E-state index contributed by atoms with van der Waals surface area (Å²) in [6.45, 7) is 11.1. The minimum absolute atomic E-state index is 0.192. The van der Waals surface area contributed by atoms with Crippen molar-refractivity contribution < 1.29 is 0 Å². The van der Waals surface area contributed by atoms with Crippen LogP contribution in [0.3, 0.4) is 0 Å². The summed E-state index contributed by atoms with van der Waals surface area (Å²) < 4.78 is 0. The van der Waals surface area contributed by atoms with E-state index < -0.39 is 0 Å². The standard InChI is InChI=1S/C17H26Cl2N2/c1-5-17(6-2)11-21(16(10-20-17)12(3)4)13-7-8-14(18)15(19)9-13/h7-9,12,16,20H,5-6,10-11H2,1-4H3. The van der Waals surface area contributed by atoms with Crippen LogP contribution in [0.1, 0.15) is 40.5 Å². The minimum Gasteiger partial charge on any atom is -0.365 e. The Morgan fingerprint density at radius 3 is 2.43 bits per heavy atom. The fourth-order valence-corrected chi connectivity index (χ4v) is 3.49. The lowest BCUT2D eigenvalue weighted by molar-refractivity contribution is 0.227. The van der Waals surface area contributed by atoms with Gasteiger partial charge in [0, 0.05) is 30.4 Å². The second-order valence-electron chi connectivity index (χ2n) is 6.41. The van der Waals surface area contributed by atoms with Crippen LogP contribution in [-0.2, 0) is 0 Å². The Balaban J connectivity index is 2.35. The van der Waals surface area contributed by atoms with Crippen molar-refractivity contribution in [2.24, 2.45) is 5.92 Å². The van der Waals surface area contributed by atoms with E-state index in [-0.39, 0.29) is 5.54 Å². The molecule has 1 aromatic carbocycles. The van der Waals surface area contributed by atoms with Crippen molar-refractivity contribution in [1.82, 2.24) is 5.32 Å². The molecule has 1 N–H and O–H groups in total. The van der Waals surface area contributed by atoms with Crippen LogP contribution < -0.4 is 10.2 Å². The normalized spacial score (nSPS) is 21.9. The second-order valence-corrected chi connectivity index (χ2v) is 7.22. The van der Waals surface area contributed by atoms with Gasteiger partial charge in [0.1, 0.15) is 0 Å². The molecule has 4 heteroatoms. The number of nitrogens with one attached hydrogen (secondary N) is 1. The lowest BCUT2D eigenvalue weighted by Gasteiger charge is -2.50. The summed E-state index contributed by atoms with van der Waals surface area (Å²) in [6.07, 6.45) is 2.26. The quantitative estimate of drug-likeness (QED) is 0.837. The maximum atomic E-state index is 6.22. The molecule has 1 atom stereocenters. The summed E-state index contributed by atoms with van der Waals surface area (Å²) in [4.78, 5) is 2.51. The monoisotopic (exact) mass is 328 g/mol. The highest BCUT2D eigenvalue weighted by molar-refractivity contribution is 6.42. The van der Waals surface area contributed by atoms with Crippen LogP contribution >= 0.6 is 23.2 Å². The predicted octanol–water partition coefficient (Wildman–Crippen LogP) is 4.99. The van der Waals surface area contributed by atoms with Crippen LogP contribution in [0.25, 0.3) is 0 Å². The average Bonchev–Trinajstić information content (AvgIpc) is 2.49. The third kappa shape index (κ3) is 3.49. The first-order valence-corrected chi connectivity index (χ1v) is 8.64. The first-order valence-electron chi connectivity index (χ1n) is 7.89. The van der Waals surface area contributed by atoms with E-state index in [1.807, 2.05) is 12.1 Å². The minimum atomic E-state index is 0.192. The first-order chi connectivity index (χ1) is 9.92. The van der Waals surface area contributed by atoms with Gasteiger partial charge in [-0.25, -0.2) is 0 Å². The van der Waals surface area contributed by atoms with Crippen LogP contribution in [0.5, 0.6) is 0 Å². The number of nitrogens with zero attached hydrogens (tertiary/aromatic N) is 1. The van der Waals surface area contributed by atoms with E-state index in [1.54, 1.807) is 0 Å². The predicted molar refractivity (Wildman–Crippen MR) is 93.7 cm³/mol. The molecule has 1 saturated heterocycles. The number of rotatable bonds is 4. The molecule has 0 radical (unpaired) electrons. The Bertz CT molecular complexity index is 484. The molecule has 0 aromatic heterocycles. The van der Waals surface area contributed by atoms with Gasteiger partial charge in [0.25, 0.3) is 0 Å². The summed E-state index contributed by atoms with van der Waals surface area (Å²) in [6, 6.07) is 6.47. The molecule has 0 aliphatic carbocycles. The van der Waals surface area contributed by atoms with Crippen molar-refractivity contribution in [2.75, 3.05) is 18.0 Å². The molecule has 1 fully saturated rings. The molecule has 0 spiro atoms. The van der Waals surface area contributed by atoms with Gasteiger partial charge in [-0.15, -0.1) is 0 Å². The summed E-state index contributed by atoms with van der Waals surface area (Å²) in [5.74, 6) is 0.582. The molecule has 0 saturated carbocycles. The van der Waals surface area contributed by atoms with E-state index in [9.17, 15) is 0 Å². The number of halogens is 2. The molecular formula is C17H26Cl2N2. The highest BCUT2D eigenvalue weighted by atomic mass is 35.5. The van der Waals surface area contributed by atoms with E-state index in [4.69, 9.17) is 23.2 Å². The van der Waals surface area contributed by atoms with Crippen molar-refractivity contribution in [3.63, 3.8) is 0 Å². The molecule has 0 amide bonds. The molecule has 1 heterocycles. The van der Waals surface area contributed by atoms with Crippen molar-refractivity contribution in [3.8, 4) is 0 Å². The number of benzene rings is 1. The van der Waals surface area contributed by atoms with E-state index >= 15 is 0 Å². The van der Waals surface area contributed by atoms with E-state index in [1.165, 1.54) is 5.69 Å². The summed E-state index contributed by atoms with van der Waals surface area (Å²) in [7, 11) is 0. The Morgan fingerprint density at radius 1 is 1.24 bits per heavy atom. The molecule has 1 aliphatic heterocycles. The van der Waals surface area contributed by atoms with Gasteiger partial charge in [-0.05, 0) is 37.0 Å². The van der Waals surface area contributed by atoms with E-state index in [0.717, 1.165) is 25.9 Å². The van der Waals surface area contributed by atoms with E-state index in [0.29, 0.717) is 22.0 Å². The fraction of sp³-hybridized carbons (Fsp3) is 0.647. The summed E-state index contributed by atoms with van der Waals surface area (Å²) in [5.41, 5.74) is 1.37. The highest BCUT2D eigenvalue weighted by Gasteiger charge is 2.37. The smallest absolute Gasteiger partial charge is 0.0612 e. The first kappa shape index (κ1) is 16.9. The average molecular weight is 329 g/mol. The maximum Gasteiger partial charge on any atom is 0.0612 e. The SMILES string of the molecule is CCC1(CC)CN(c2ccc(Cl)c(Cl)c2)C(C(C)C)CN1. The molecular weight excluding hydrogens is 303 g/mol. The van der Waals surface area contributed by atoms with Gasteiger partial charge in [-0.1, -0.05) is 50.9 Å². The number of anilines is 1. The van der Waals surface area contributed by atoms with Gasteiger partial charge in [0.2, 0.25) is 0 Å². The molecule has 2 rings (SSSR count). The van der Waals surface area contributed by atoms with Gasteiger partial charge < -0.3 is 10.2 Å². The zero-order valence-electron chi connectivity index (χ0n) is 13.4. The number of hydrogen-bond donors (Lipinski definition) is 1. The van der Waals surface area contributed by atoms with Crippen LogP contribution in [0.15, 0.2) is 18.2 Å². The van der Waals surface area contributed by atoms with Gasteiger partial charge in [0.05, 0.1) is 10.0 Å². The Labute approximate surface area is 138 Å². The zero-order chi connectivity index (χ0) is 15.6. The maximum absolute atomic E-state index is 6.22. The molecule has 0 bridgehead atoms. The molecule has 1 unspecified atom stereocenters. The van der Waals surface area contributed by atoms with Crippen LogP contribution in [0.2, 0.25) is 10.0 Å². The van der Waals surface area contributed by atoms with Gasteiger partial charge >= 0.3 is 0 Å². The van der Waals surface area contributed by atoms with Crippen molar-refractivity contribution in [1.29, 1.82) is 0 Å².